The maximum absolute atomic E-state index is 15.1. The summed E-state index contributed by atoms with van der Waals surface area (Å²) < 4.78 is 72.5. The highest BCUT2D eigenvalue weighted by atomic mass is 19.4. The summed E-state index contributed by atoms with van der Waals surface area (Å²) in [6.07, 6.45) is -2.06. The van der Waals surface area contributed by atoms with Gasteiger partial charge >= 0.3 is 18.0 Å². The van der Waals surface area contributed by atoms with Gasteiger partial charge in [0.1, 0.15) is 5.69 Å². The van der Waals surface area contributed by atoms with Gasteiger partial charge in [-0.05, 0) is 6.07 Å². The molecule has 0 aromatic carbocycles. The predicted octanol–water partition coefficient (Wildman–Crippen LogP) is 1.23. The number of ether oxygens (including phenoxy) is 1. The average Bonchev–Trinajstić information content (AvgIpc) is 3.31. The lowest BCUT2D eigenvalue weighted by molar-refractivity contribution is -0.174. The summed E-state index contributed by atoms with van der Waals surface area (Å²) in [4.78, 5) is 46.1. The standard InChI is InChI=1S/C19H16F5N7O4/c20-18(21)8-29(5-17(18)6-30(7-17)16(34)35-9-19(22,23)24)12-3-11(28-31-2-1-25-13(12)31)10-4-26-15(33)27-14(10)32/h1-4H,5-9H2,(H2,26,27,32,33). The number of nitrogens with one attached hydrogen (secondary N) is 2. The molecule has 16 heteroatoms. The first kappa shape index (κ1) is 22.8. The largest absolute Gasteiger partial charge is 0.440 e. The molecule has 0 radical (unpaired) electrons. The van der Waals surface area contributed by atoms with Gasteiger partial charge in [0.15, 0.2) is 12.3 Å². The van der Waals surface area contributed by atoms with Gasteiger partial charge in [0, 0.05) is 38.2 Å². The van der Waals surface area contributed by atoms with E-state index >= 15 is 8.78 Å². The van der Waals surface area contributed by atoms with E-state index in [-0.39, 0.29) is 29.1 Å². The molecule has 5 rings (SSSR count). The number of aromatic amines is 2. The first-order valence-electron chi connectivity index (χ1n) is 10.2. The molecule has 3 aromatic rings. The van der Waals surface area contributed by atoms with Gasteiger partial charge in [-0.2, -0.15) is 18.3 Å². The molecule has 0 aliphatic carbocycles. The highest BCUT2D eigenvalue weighted by molar-refractivity contribution is 5.75. The molecule has 3 aromatic heterocycles. The Bertz CT molecular complexity index is 1420. The number of hydrogen-bond acceptors (Lipinski definition) is 7. The summed E-state index contributed by atoms with van der Waals surface area (Å²) in [7, 11) is 0. The van der Waals surface area contributed by atoms with Crippen LogP contribution in [0.5, 0.6) is 0 Å². The van der Waals surface area contributed by atoms with Crippen LogP contribution in [0.1, 0.15) is 0 Å². The molecule has 1 spiro atoms. The van der Waals surface area contributed by atoms with E-state index < -0.39 is 61.1 Å². The highest BCUT2D eigenvalue weighted by Crippen LogP contribution is 2.51. The fourth-order valence-electron chi connectivity index (χ4n) is 4.36. The third-order valence-electron chi connectivity index (χ3n) is 6.04. The van der Waals surface area contributed by atoms with Gasteiger partial charge < -0.3 is 19.5 Å². The zero-order chi connectivity index (χ0) is 25.2. The van der Waals surface area contributed by atoms with Crippen LogP contribution in [-0.2, 0) is 4.74 Å². The number of rotatable bonds is 3. The predicted molar refractivity (Wildman–Crippen MR) is 108 cm³/mol. The third-order valence-corrected chi connectivity index (χ3v) is 6.04. The molecule has 0 saturated carbocycles. The smallest absolute Gasteiger partial charge is 0.422 e. The van der Waals surface area contributed by atoms with Crippen LogP contribution in [0, 0.1) is 5.41 Å². The number of hydrogen-bond donors (Lipinski definition) is 2. The van der Waals surface area contributed by atoms with Crippen LogP contribution in [0.4, 0.5) is 32.4 Å². The lowest BCUT2D eigenvalue weighted by Crippen LogP contribution is -2.66. The number of nitrogens with zero attached hydrogens (tertiary/aromatic N) is 5. The summed E-state index contributed by atoms with van der Waals surface area (Å²) in [6, 6.07) is 1.38. The fourth-order valence-corrected chi connectivity index (χ4v) is 4.36. The van der Waals surface area contributed by atoms with Crippen LogP contribution >= 0.6 is 0 Å². The number of carbonyl (C=O) groups is 1. The Morgan fingerprint density at radius 1 is 1.17 bits per heavy atom. The van der Waals surface area contributed by atoms with Gasteiger partial charge in [0.05, 0.1) is 23.2 Å². The molecule has 2 N–H and O–H groups in total. The number of halogens is 5. The first-order chi connectivity index (χ1) is 16.4. The molecule has 0 atom stereocenters. The maximum atomic E-state index is 15.1. The second kappa shape index (κ2) is 7.51. The quantitative estimate of drug-likeness (QED) is 0.517. The van der Waals surface area contributed by atoms with Crippen molar-refractivity contribution >= 4 is 17.4 Å². The summed E-state index contributed by atoms with van der Waals surface area (Å²) in [5, 5.41) is 4.25. The van der Waals surface area contributed by atoms with E-state index in [1.165, 1.54) is 27.9 Å². The van der Waals surface area contributed by atoms with E-state index in [4.69, 9.17) is 0 Å². The highest BCUT2D eigenvalue weighted by Gasteiger charge is 2.67. The van der Waals surface area contributed by atoms with E-state index in [9.17, 15) is 27.6 Å². The number of aromatic nitrogens is 5. The minimum absolute atomic E-state index is 0.00986. The number of fused-ring (bicyclic) bond motifs is 1. The molecule has 1 amide bonds. The van der Waals surface area contributed by atoms with E-state index in [1.54, 1.807) is 0 Å². The van der Waals surface area contributed by atoms with Gasteiger partial charge in [0.2, 0.25) is 0 Å². The second-order valence-electron chi connectivity index (χ2n) is 8.46. The summed E-state index contributed by atoms with van der Waals surface area (Å²) in [5.74, 6) is -3.30. The van der Waals surface area contributed by atoms with E-state index in [0.717, 1.165) is 11.1 Å². The summed E-state index contributed by atoms with van der Waals surface area (Å²) >= 11 is 0. The van der Waals surface area contributed by atoms with Crippen molar-refractivity contribution in [1.29, 1.82) is 0 Å². The molecular formula is C19H16F5N7O4. The lowest BCUT2D eigenvalue weighted by Gasteiger charge is -2.49. The monoisotopic (exact) mass is 501 g/mol. The van der Waals surface area contributed by atoms with Crippen LogP contribution in [-0.4, -0.2) is 80.4 Å². The van der Waals surface area contributed by atoms with Gasteiger partial charge in [-0.3, -0.25) is 9.78 Å². The molecule has 2 fully saturated rings. The molecule has 0 unspecified atom stereocenters. The Hall–Kier alpha value is -3.98. The molecule has 2 saturated heterocycles. The van der Waals surface area contributed by atoms with Crippen molar-refractivity contribution in [2.45, 2.75) is 12.1 Å². The van der Waals surface area contributed by atoms with Crippen molar-refractivity contribution in [3.8, 4) is 11.3 Å². The van der Waals surface area contributed by atoms with Crippen molar-refractivity contribution in [3.05, 3.63) is 45.5 Å². The minimum Gasteiger partial charge on any atom is -0.440 e. The van der Waals surface area contributed by atoms with Crippen LogP contribution in [0.2, 0.25) is 0 Å². The number of imidazole rings is 1. The van der Waals surface area contributed by atoms with Crippen molar-refractivity contribution in [1.82, 2.24) is 29.5 Å². The van der Waals surface area contributed by atoms with E-state index in [2.05, 4.69) is 24.8 Å². The number of amides is 1. The molecule has 0 bridgehead atoms. The summed E-state index contributed by atoms with van der Waals surface area (Å²) in [6.45, 7) is -3.78. The third kappa shape index (κ3) is 3.87. The van der Waals surface area contributed by atoms with Crippen LogP contribution in [0.25, 0.3) is 16.9 Å². The Morgan fingerprint density at radius 3 is 2.60 bits per heavy atom. The molecule has 2 aliphatic rings. The van der Waals surface area contributed by atoms with E-state index in [1.807, 2.05) is 0 Å². The first-order valence-corrected chi connectivity index (χ1v) is 10.2. The Balaban J connectivity index is 1.43. The van der Waals surface area contributed by atoms with Gasteiger partial charge in [-0.15, -0.1) is 0 Å². The Labute approximate surface area is 191 Å². The molecule has 186 valence electrons. The van der Waals surface area contributed by atoms with Gasteiger partial charge in [-0.25, -0.2) is 27.9 Å². The number of carbonyl (C=O) groups excluding carboxylic acids is 1. The van der Waals surface area contributed by atoms with Crippen LogP contribution in [0.3, 0.4) is 0 Å². The maximum Gasteiger partial charge on any atom is 0.422 e. The number of alkyl halides is 5. The average molecular weight is 501 g/mol. The Kier molecular flexibility index (Phi) is 4.89. The fraction of sp³-hybridized carbons (Fsp3) is 0.421. The molecule has 2 aliphatic heterocycles. The zero-order valence-electron chi connectivity index (χ0n) is 17.6. The number of anilines is 1. The molecule has 11 nitrogen and oxygen atoms in total. The summed E-state index contributed by atoms with van der Waals surface area (Å²) in [5.41, 5.74) is -2.65. The van der Waals surface area contributed by atoms with Crippen molar-refractivity contribution in [3.63, 3.8) is 0 Å². The number of likely N-dealkylation sites (tertiary alicyclic amines) is 1. The van der Waals surface area contributed by atoms with Crippen LogP contribution in [0.15, 0.2) is 34.2 Å². The number of H-pyrrole nitrogens is 2. The zero-order valence-corrected chi connectivity index (χ0v) is 17.6. The normalized spacial score (nSPS) is 18.8. The Morgan fingerprint density at radius 2 is 1.91 bits per heavy atom. The van der Waals surface area contributed by atoms with Crippen molar-refractivity contribution < 1.29 is 31.5 Å². The molecular weight excluding hydrogens is 485 g/mol. The second-order valence-corrected chi connectivity index (χ2v) is 8.46. The van der Waals surface area contributed by atoms with Gasteiger partial charge in [0.25, 0.3) is 11.5 Å². The molecule has 35 heavy (non-hydrogen) atoms. The van der Waals surface area contributed by atoms with Crippen LogP contribution < -0.4 is 16.1 Å². The van der Waals surface area contributed by atoms with Crippen molar-refractivity contribution in [2.75, 3.05) is 37.7 Å². The van der Waals surface area contributed by atoms with Crippen molar-refractivity contribution in [2.24, 2.45) is 5.41 Å². The SMILES string of the molecule is O=C(OCC(F)(F)F)N1CC2(C1)CN(c1cc(-c3c[nH]c(=O)[nH]c3=O)nn3ccnc13)CC2(F)F. The minimum atomic E-state index is -4.73. The van der Waals surface area contributed by atoms with E-state index in [0.29, 0.717) is 0 Å². The molecule has 5 heterocycles. The topological polar surface area (TPSA) is 129 Å². The lowest BCUT2D eigenvalue weighted by atomic mass is 9.76. The van der Waals surface area contributed by atoms with Gasteiger partial charge in [-0.1, -0.05) is 0 Å².